The van der Waals surface area contributed by atoms with Crippen molar-refractivity contribution in [2.75, 3.05) is 47.0 Å². The molecule has 0 unspecified atom stereocenters. The van der Waals surface area contributed by atoms with Crippen molar-refractivity contribution in [1.29, 1.82) is 0 Å². The van der Waals surface area contributed by atoms with E-state index in [0.29, 0.717) is 70.2 Å². The number of aromatic hydroxyl groups is 2. The minimum absolute atomic E-state index is 0.0226. The van der Waals surface area contributed by atoms with Crippen molar-refractivity contribution in [1.82, 2.24) is 15.1 Å². The summed E-state index contributed by atoms with van der Waals surface area (Å²) in [7, 11) is 4.96. The molecule has 7 aliphatic heterocycles. The zero-order valence-electron chi connectivity index (χ0n) is 30.8. The van der Waals surface area contributed by atoms with Crippen LogP contribution in [0.15, 0.2) is 18.2 Å². The molecule has 0 amide bonds. The Morgan fingerprint density at radius 2 is 1.80 bits per heavy atom. The second-order valence-electron chi connectivity index (χ2n) is 14.9. The van der Waals surface area contributed by atoms with E-state index in [4.69, 9.17) is 28.4 Å². The van der Waals surface area contributed by atoms with Gasteiger partial charge in [-0.05, 0) is 68.1 Å². The van der Waals surface area contributed by atoms with E-state index in [-0.39, 0.29) is 42.4 Å². The van der Waals surface area contributed by atoms with Crippen LogP contribution in [0.3, 0.4) is 0 Å². The maximum atomic E-state index is 14.7. The third kappa shape index (κ3) is 4.74. The van der Waals surface area contributed by atoms with Crippen LogP contribution in [0.5, 0.6) is 40.2 Å². The number of piperazine rings is 1. The van der Waals surface area contributed by atoms with Crippen LogP contribution in [0, 0.1) is 13.8 Å². The summed E-state index contributed by atoms with van der Waals surface area (Å²) in [6.07, 6.45) is -0.0282. The van der Waals surface area contributed by atoms with E-state index in [1.54, 1.807) is 12.1 Å². The number of fused-ring (bicyclic) bond motifs is 9. The van der Waals surface area contributed by atoms with Gasteiger partial charge >= 0.3 is 11.9 Å². The van der Waals surface area contributed by atoms with Gasteiger partial charge < -0.3 is 43.7 Å². The lowest BCUT2D eigenvalue weighted by molar-refractivity contribution is -0.186. The van der Waals surface area contributed by atoms with Crippen LogP contribution in [0.25, 0.3) is 0 Å². The fourth-order valence-corrected chi connectivity index (χ4v) is 11.7. The number of phenolic OH excluding ortho intramolecular Hbond substituents is 2. The molecule has 10 rings (SSSR count). The van der Waals surface area contributed by atoms with E-state index in [2.05, 4.69) is 10.2 Å². The van der Waals surface area contributed by atoms with Crippen LogP contribution in [-0.2, 0) is 32.7 Å². The third-order valence-corrected chi connectivity index (χ3v) is 13.7. The Hall–Kier alpha value is -4.41. The monoisotopic (exact) mass is 761 g/mol. The highest BCUT2D eigenvalue weighted by atomic mass is 32.2. The summed E-state index contributed by atoms with van der Waals surface area (Å²) in [5, 5.41) is 38.2. The molecule has 0 radical (unpaired) electrons. The highest BCUT2D eigenvalue weighted by Crippen LogP contribution is 2.64. The topological polar surface area (TPSA) is 169 Å². The van der Waals surface area contributed by atoms with Crippen molar-refractivity contribution in [3.8, 4) is 40.2 Å². The van der Waals surface area contributed by atoms with Crippen molar-refractivity contribution in [3.05, 3.63) is 62.7 Å². The first-order valence-electron chi connectivity index (χ1n) is 18.1. The van der Waals surface area contributed by atoms with Gasteiger partial charge in [0, 0.05) is 47.5 Å². The maximum Gasteiger partial charge on any atom is 0.331 e. The molecule has 286 valence electrons. The number of aryl methyl sites for hydroxylation is 1. The van der Waals surface area contributed by atoms with E-state index in [9.17, 15) is 24.9 Å². The van der Waals surface area contributed by atoms with Gasteiger partial charge in [0.2, 0.25) is 6.79 Å². The summed E-state index contributed by atoms with van der Waals surface area (Å²) in [4.78, 5) is 31.7. The third-order valence-electron chi connectivity index (χ3n) is 12.3. The molecule has 3 aromatic rings. The standard InChI is InChI=1S/C39H43N3O11S/c1-16-9-20-10-22-37(46)42-23-13-50-38(47)39(21-12-25(48-5)24(44)11-19(21)7-8-40-39)14-54-36(30(42)29(41(22)4)26(20)31(45)32(16)49-6)28-27(23)35-34(51-15-52-35)17(2)33(28)53-18(3)43/h9,11-12,22-23,29-30,36-37,40,44-46H,7-8,10,13-15H2,1-6H3/t22-,23+,29+,30-,36+,37+,39-/m1/s1. The summed E-state index contributed by atoms with van der Waals surface area (Å²) >= 11 is 1.47. The number of carbonyl (C=O) groups excluding carboxylic acids is 2. The van der Waals surface area contributed by atoms with Crippen molar-refractivity contribution >= 4 is 23.7 Å². The summed E-state index contributed by atoms with van der Waals surface area (Å²) in [5.41, 5.74) is 4.36. The molecular formula is C39H43N3O11S. The first-order chi connectivity index (χ1) is 25.9. The molecule has 7 atom stereocenters. The highest BCUT2D eigenvalue weighted by Gasteiger charge is 2.61. The summed E-state index contributed by atoms with van der Waals surface area (Å²) in [5.74, 6) is 0.949. The fraction of sp³-hybridized carbons (Fsp3) is 0.487. The zero-order valence-corrected chi connectivity index (χ0v) is 31.7. The SMILES string of the molecule is COc1cc2c(cc1O)CCN[C@]21CS[C@H]2c3c(OC(C)=O)c(C)c4c(c3[C@H](COC1=O)N1[C@@H]2[C@@H]2c3c(cc(C)c(OC)c3O)C[C@H]([C@@H]1O)N2C)OCO4. The molecule has 2 saturated heterocycles. The lowest BCUT2D eigenvalue weighted by atomic mass is 9.73. The number of aliphatic hydroxyl groups excluding tert-OH is 1. The Labute approximate surface area is 316 Å². The summed E-state index contributed by atoms with van der Waals surface area (Å²) < 4.78 is 35.9. The molecule has 1 spiro atoms. The lowest BCUT2D eigenvalue weighted by Gasteiger charge is -2.62. The van der Waals surface area contributed by atoms with Gasteiger partial charge in [-0.2, -0.15) is 0 Å². The Morgan fingerprint density at radius 1 is 1.02 bits per heavy atom. The smallest absolute Gasteiger partial charge is 0.331 e. The molecule has 2 fully saturated rings. The van der Waals surface area contributed by atoms with Crippen LogP contribution < -0.4 is 29.0 Å². The Balaban J connectivity index is 1.32. The van der Waals surface area contributed by atoms with E-state index in [1.165, 1.54) is 32.9 Å². The van der Waals surface area contributed by atoms with Gasteiger partial charge in [0.25, 0.3) is 0 Å². The number of nitrogens with one attached hydrogen (secondary N) is 1. The van der Waals surface area contributed by atoms with Crippen molar-refractivity contribution in [2.45, 2.75) is 74.8 Å². The van der Waals surface area contributed by atoms with E-state index < -0.39 is 47.1 Å². The molecule has 4 bridgehead atoms. The van der Waals surface area contributed by atoms with Crippen LogP contribution in [0.2, 0.25) is 0 Å². The first kappa shape index (κ1) is 35.3. The highest BCUT2D eigenvalue weighted by molar-refractivity contribution is 7.99. The predicted molar refractivity (Wildman–Crippen MR) is 195 cm³/mol. The normalized spacial score (nSPS) is 29.4. The van der Waals surface area contributed by atoms with E-state index >= 15 is 0 Å². The van der Waals surface area contributed by atoms with Crippen LogP contribution in [0.4, 0.5) is 0 Å². The van der Waals surface area contributed by atoms with Crippen molar-refractivity contribution < 1.29 is 53.3 Å². The second kappa shape index (κ2) is 12.6. The molecule has 0 aromatic heterocycles. The minimum atomic E-state index is -1.36. The largest absolute Gasteiger partial charge is 0.504 e. The number of phenols is 2. The minimum Gasteiger partial charge on any atom is -0.504 e. The van der Waals surface area contributed by atoms with E-state index in [0.717, 1.165) is 16.7 Å². The van der Waals surface area contributed by atoms with Gasteiger partial charge in [-0.15, -0.1) is 11.8 Å². The van der Waals surface area contributed by atoms with E-state index in [1.807, 2.05) is 31.9 Å². The summed E-state index contributed by atoms with van der Waals surface area (Å²) in [6, 6.07) is 3.13. The number of hydrogen-bond acceptors (Lipinski definition) is 15. The Kier molecular flexibility index (Phi) is 8.21. The van der Waals surface area contributed by atoms with Crippen molar-refractivity contribution in [3.63, 3.8) is 0 Å². The number of hydrogen-bond donors (Lipinski definition) is 4. The number of thioether (sulfide) groups is 1. The quantitative estimate of drug-likeness (QED) is 0.226. The molecule has 0 saturated carbocycles. The zero-order chi connectivity index (χ0) is 38.0. The molecule has 7 heterocycles. The Bertz CT molecular complexity index is 2130. The molecular weight excluding hydrogens is 719 g/mol. The van der Waals surface area contributed by atoms with Crippen LogP contribution in [-0.4, -0.2) is 102 Å². The number of ether oxygens (including phenoxy) is 6. The average Bonchev–Trinajstić information content (AvgIpc) is 3.63. The van der Waals surface area contributed by atoms with Gasteiger partial charge in [0.1, 0.15) is 18.6 Å². The van der Waals surface area contributed by atoms with Crippen molar-refractivity contribution in [2.24, 2.45) is 0 Å². The Morgan fingerprint density at radius 3 is 2.54 bits per heavy atom. The van der Waals surface area contributed by atoms with Gasteiger partial charge in [-0.3, -0.25) is 19.9 Å². The molecule has 0 aliphatic carbocycles. The first-order valence-corrected chi connectivity index (χ1v) is 19.1. The van der Waals surface area contributed by atoms with Gasteiger partial charge in [-0.25, -0.2) is 4.79 Å². The molecule has 14 nitrogen and oxygen atoms in total. The average molecular weight is 762 g/mol. The summed E-state index contributed by atoms with van der Waals surface area (Å²) in [6.45, 7) is 5.26. The molecule has 15 heteroatoms. The van der Waals surface area contributed by atoms with Crippen LogP contribution in [0.1, 0.15) is 68.8 Å². The number of benzene rings is 3. The van der Waals surface area contributed by atoms with Gasteiger partial charge in [0.05, 0.1) is 37.6 Å². The van der Waals surface area contributed by atoms with Crippen LogP contribution >= 0.6 is 11.8 Å². The van der Waals surface area contributed by atoms with Gasteiger partial charge in [-0.1, -0.05) is 6.07 Å². The molecule has 3 aromatic carbocycles. The molecule has 4 N–H and O–H groups in total. The van der Waals surface area contributed by atoms with Gasteiger partial charge in [0.15, 0.2) is 40.0 Å². The fourth-order valence-electron chi connectivity index (χ4n) is 10.00. The second-order valence-corrected chi connectivity index (χ2v) is 16.1. The molecule has 7 aliphatic rings. The number of esters is 2. The number of methoxy groups -OCH3 is 2. The lowest BCUT2D eigenvalue weighted by Crippen LogP contribution is -2.70. The number of aliphatic hydroxyl groups is 1. The number of carbonyl (C=O) groups is 2. The number of nitrogens with zero attached hydrogens (tertiary/aromatic N) is 2. The molecule has 54 heavy (non-hydrogen) atoms. The number of likely N-dealkylation sites (N-methyl/N-ethyl adjacent to an activating group) is 1. The maximum absolute atomic E-state index is 14.7. The predicted octanol–water partition coefficient (Wildman–Crippen LogP) is 3.41. The number of rotatable bonds is 3.